The summed E-state index contributed by atoms with van der Waals surface area (Å²) < 4.78 is 0. The quantitative estimate of drug-likeness (QED) is 0.684. The van der Waals surface area contributed by atoms with Crippen LogP contribution >= 0.6 is 22.9 Å². The molecule has 1 amide bonds. The molecule has 1 unspecified atom stereocenters. The zero-order valence-corrected chi connectivity index (χ0v) is 16.3. The second kappa shape index (κ2) is 8.45. The van der Waals surface area contributed by atoms with Gasteiger partial charge in [-0.2, -0.15) is 0 Å². The van der Waals surface area contributed by atoms with E-state index in [2.05, 4.69) is 17.7 Å². The summed E-state index contributed by atoms with van der Waals surface area (Å²) in [6.45, 7) is 1.73. The molecule has 26 heavy (non-hydrogen) atoms. The van der Waals surface area contributed by atoms with Gasteiger partial charge in [-0.05, 0) is 24.3 Å². The van der Waals surface area contributed by atoms with Crippen molar-refractivity contribution in [3.05, 3.63) is 75.8 Å². The van der Waals surface area contributed by atoms with Crippen LogP contribution in [0.15, 0.2) is 53.9 Å². The molecule has 3 aromatic rings. The van der Waals surface area contributed by atoms with E-state index in [0.29, 0.717) is 5.56 Å². The van der Waals surface area contributed by atoms with Gasteiger partial charge in [0.2, 0.25) is 0 Å². The van der Waals surface area contributed by atoms with E-state index in [1.807, 2.05) is 48.5 Å². The number of rotatable bonds is 6. The minimum atomic E-state index is -0.0607. The molecule has 1 heterocycles. The Kier molecular flexibility index (Phi) is 6.04. The Balaban J connectivity index is 1.60. The number of hydrogen-bond acceptors (Lipinski definition) is 3. The first kappa shape index (κ1) is 18.6. The van der Waals surface area contributed by atoms with Crippen LogP contribution in [0.3, 0.4) is 0 Å². The number of nitrogens with one attached hydrogen (secondary N) is 2. The number of thiazole rings is 1. The van der Waals surface area contributed by atoms with Crippen LogP contribution < -0.4 is 10.2 Å². The van der Waals surface area contributed by atoms with E-state index in [1.54, 1.807) is 18.4 Å². The molecule has 0 aliphatic heterocycles. The van der Waals surface area contributed by atoms with Crippen molar-refractivity contribution in [2.24, 2.45) is 0 Å². The molecule has 0 saturated carbocycles. The van der Waals surface area contributed by atoms with Gasteiger partial charge in [0.15, 0.2) is 0 Å². The van der Waals surface area contributed by atoms with Gasteiger partial charge in [0.25, 0.3) is 5.91 Å². The fourth-order valence-corrected chi connectivity index (χ4v) is 3.70. The molecule has 0 aliphatic carbocycles. The maximum Gasteiger partial charge on any atom is 0.251 e. The number of quaternary nitrogens is 1. The molecule has 3 rings (SSSR count). The molecular formula is C20H21ClN3OS+. The monoisotopic (exact) mass is 386 g/mol. The summed E-state index contributed by atoms with van der Waals surface area (Å²) in [5.74, 6) is -0.0607. The highest BCUT2D eigenvalue weighted by atomic mass is 35.5. The number of carbonyl (C=O) groups is 1. The summed E-state index contributed by atoms with van der Waals surface area (Å²) in [5, 5.41) is 6.49. The van der Waals surface area contributed by atoms with Gasteiger partial charge in [-0.25, -0.2) is 4.98 Å². The highest BCUT2D eigenvalue weighted by Gasteiger charge is 2.11. The number of benzene rings is 2. The molecule has 4 nitrogen and oxygen atoms in total. The van der Waals surface area contributed by atoms with Gasteiger partial charge in [-0.15, -0.1) is 11.3 Å². The van der Waals surface area contributed by atoms with Crippen LogP contribution in [-0.2, 0) is 13.1 Å². The smallest absolute Gasteiger partial charge is 0.251 e. The van der Waals surface area contributed by atoms with Gasteiger partial charge in [0, 0.05) is 34.1 Å². The fraction of sp³-hybridized carbons (Fsp3) is 0.200. The third-order valence-electron chi connectivity index (χ3n) is 4.07. The first-order chi connectivity index (χ1) is 12.5. The maximum absolute atomic E-state index is 11.6. The first-order valence-electron chi connectivity index (χ1n) is 8.38. The van der Waals surface area contributed by atoms with Crippen molar-refractivity contribution in [3.63, 3.8) is 0 Å². The molecule has 1 atom stereocenters. The molecule has 2 aromatic carbocycles. The molecule has 0 radical (unpaired) electrons. The lowest BCUT2D eigenvalue weighted by Crippen LogP contribution is -3.06. The number of hydrogen-bond donors (Lipinski definition) is 2. The van der Waals surface area contributed by atoms with E-state index in [1.165, 1.54) is 10.5 Å². The summed E-state index contributed by atoms with van der Waals surface area (Å²) in [7, 11) is 3.79. The number of amides is 1. The highest BCUT2D eigenvalue weighted by molar-refractivity contribution is 7.13. The third-order valence-corrected chi connectivity index (χ3v) is 5.27. The molecule has 0 spiro atoms. The lowest BCUT2D eigenvalue weighted by Gasteiger charge is -2.13. The van der Waals surface area contributed by atoms with Gasteiger partial charge >= 0.3 is 0 Å². The first-order valence-corrected chi connectivity index (χ1v) is 9.63. The maximum atomic E-state index is 11.6. The number of carbonyl (C=O) groups excluding carboxylic acids is 1. The van der Waals surface area contributed by atoms with Crippen molar-refractivity contribution in [2.75, 3.05) is 14.1 Å². The average Bonchev–Trinajstić information content (AvgIpc) is 3.10. The number of aromatic nitrogens is 1. The van der Waals surface area contributed by atoms with Gasteiger partial charge in [-0.1, -0.05) is 35.9 Å². The Morgan fingerprint density at radius 2 is 1.81 bits per heavy atom. The zero-order chi connectivity index (χ0) is 18.5. The summed E-state index contributed by atoms with van der Waals surface area (Å²) >= 11 is 7.60. The Hall–Kier alpha value is -2.21. The van der Waals surface area contributed by atoms with Crippen LogP contribution in [0.2, 0.25) is 5.02 Å². The van der Waals surface area contributed by atoms with Crippen LogP contribution in [0.5, 0.6) is 0 Å². The highest BCUT2D eigenvalue weighted by Crippen LogP contribution is 2.24. The van der Waals surface area contributed by atoms with Crippen molar-refractivity contribution < 1.29 is 9.69 Å². The van der Waals surface area contributed by atoms with Crippen LogP contribution in [-0.4, -0.2) is 25.0 Å². The zero-order valence-electron chi connectivity index (χ0n) is 14.8. The van der Waals surface area contributed by atoms with E-state index in [4.69, 9.17) is 16.6 Å². The minimum Gasteiger partial charge on any atom is -0.355 e. The summed E-state index contributed by atoms with van der Waals surface area (Å²) in [4.78, 5) is 17.7. The Bertz CT molecular complexity index is 875. The molecule has 6 heteroatoms. The Morgan fingerprint density at radius 3 is 2.46 bits per heavy atom. The van der Waals surface area contributed by atoms with Crippen molar-refractivity contribution >= 4 is 28.8 Å². The van der Waals surface area contributed by atoms with Crippen LogP contribution in [0, 0.1) is 0 Å². The van der Waals surface area contributed by atoms with Crippen molar-refractivity contribution in [2.45, 2.75) is 13.1 Å². The van der Waals surface area contributed by atoms with E-state index < -0.39 is 0 Å². The topological polar surface area (TPSA) is 46.4 Å². The van der Waals surface area contributed by atoms with Gasteiger partial charge in [0.1, 0.15) is 23.8 Å². The van der Waals surface area contributed by atoms with E-state index in [-0.39, 0.29) is 5.91 Å². The van der Waals surface area contributed by atoms with Gasteiger partial charge < -0.3 is 10.2 Å². The van der Waals surface area contributed by atoms with E-state index in [9.17, 15) is 4.79 Å². The van der Waals surface area contributed by atoms with E-state index in [0.717, 1.165) is 34.4 Å². The normalized spacial score (nSPS) is 12.0. The predicted octanol–water partition coefficient (Wildman–Crippen LogP) is 3.04. The fourth-order valence-electron chi connectivity index (χ4n) is 2.75. The largest absolute Gasteiger partial charge is 0.355 e. The summed E-state index contributed by atoms with van der Waals surface area (Å²) in [6, 6.07) is 15.5. The lowest BCUT2D eigenvalue weighted by atomic mass is 10.1. The molecule has 0 aliphatic rings. The third kappa shape index (κ3) is 4.69. The second-order valence-electron chi connectivity index (χ2n) is 6.24. The average molecular weight is 387 g/mol. The Labute approximate surface area is 162 Å². The van der Waals surface area contributed by atoms with Crippen molar-refractivity contribution in [1.29, 1.82) is 0 Å². The SMILES string of the molecule is CNC(=O)c1ccc(C[NH+](C)Cc2csc(-c3ccc(Cl)cc3)n2)cc1. The molecule has 0 fully saturated rings. The second-order valence-corrected chi connectivity index (χ2v) is 7.53. The standard InChI is InChI=1S/C20H20ClN3OS/c1-22-19(25)15-5-3-14(4-6-15)11-24(2)12-18-13-26-20(23-18)16-7-9-17(21)10-8-16/h3-10,13H,11-12H2,1-2H3,(H,22,25)/p+1. The summed E-state index contributed by atoms with van der Waals surface area (Å²) in [5.41, 5.74) is 4.05. The van der Waals surface area contributed by atoms with Gasteiger partial charge in [0.05, 0.1) is 7.05 Å². The predicted molar refractivity (Wildman–Crippen MR) is 107 cm³/mol. The van der Waals surface area contributed by atoms with E-state index >= 15 is 0 Å². The lowest BCUT2D eigenvalue weighted by molar-refractivity contribution is -0.908. The molecule has 1 aromatic heterocycles. The number of nitrogens with zero attached hydrogens (tertiary/aromatic N) is 1. The van der Waals surface area contributed by atoms with Crippen LogP contribution in [0.4, 0.5) is 0 Å². The molecule has 2 N–H and O–H groups in total. The minimum absolute atomic E-state index is 0.0607. The Morgan fingerprint density at radius 1 is 1.12 bits per heavy atom. The molecule has 0 saturated heterocycles. The number of halogens is 1. The molecular weight excluding hydrogens is 366 g/mol. The summed E-state index contributed by atoms with van der Waals surface area (Å²) in [6.07, 6.45) is 0. The van der Waals surface area contributed by atoms with Crippen molar-refractivity contribution in [1.82, 2.24) is 10.3 Å². The van der Waals surface area contributed by atoms with Gasteiger partial charge in [-0.3, -0.25) is 4.79 Å². The molecule has 134 valence electrons. The van der Waals surface area contributed by atoms with Crippen LogP contribution in [0.1, 0.15) is 21.6 Å². The van der Waals surface area contributed by atoms with Crippen LogP contribution in [0.25, 0.3) is 10.6 Å². The molecule has 0 bridgehead atoms. The van der Waals surface area contributed by atoms with Crippen molar-refractivity contribution in [3.8, 4) is 10.6 Å².